The molecular formula is C14H10ClF3N2O. The van der Waals surface area contributed by atoms with Gasteiger partial charge in [0.05, 0.1) is 16.3 Å². The van der Waals surface area contributed by atoms with Crippen LogP contribution in [0.25, 0.3) is 0 Å². The molecule has 0 heterocycles. The molecule has 7 heteroatoms. The van der Waals surface area contributed by atoms with Crippen LogP contribution in [0.2, 0.25) is 5.02 Å². The Kier molecular flexibility index (Phi) is 4.09. The third kappa shape index (κ3) is 3.66. The second-order valence-corrected chi connectivity index (χ2v) is 4.68. The van der Waals surface area contributed by atoms with Crippen molar-refractivity contribution in [3.8, 4) is 0 Å². The fourth-order valence-corrected chi connectivity index (χ4v) is 1.81. The summed E-state index contributed by atoms with van der Waals surface area (Å²) >= 11 is 5.89. The second-order valence-electron chi connectivity index (χ2n) is 4.27. The van der Waals surface area contributed by atoms with Gasteiger partial charge in [-0.15, -0.1) is 0 Å². The SMILES string of the molecule is Nc1ccc(Cl)c(NC(=O)c2ccc(C(F)(F)F)cc2)c1. The Bertz CT molecular complexity index is 669. The van der Waals surface area contributed by atoms with Crippen LogP contribution >= 0.6 is 11.6 Å². The van der Waals surface area contributed by atoms with Crippen molar-refractivity contribution < 1.29 is 18.0 Å². The van der Waals surface area contributed by atoms with Gasteiger partial charge in [0, 0.05) is 11.3 Å². The summed E-state index contributed by atoms with van der Waals surface area (Å²) in [4.78, 5) is 11.9. The number of nitrogen functional groups attached to an aromatic ring is 1. The van der Waals surface area contributed by atoms with Crippen molar-refractivity contribution in [1.29, 1.82) is 0 Å². The molecule has 0 aliphatic rings. The van der Waals surface area contributed by atoms with Crippen LogP contribution in [0.15, 0.2) is 42.5 Å². The molecule has 1 amide bonds. The lowest BCUT2D eigenvalue weighted by Gasteiger charge is -2.10. The molecule has 0 fully saturated rings. The average molecular weight is 315 g/mol. The largest absolute Gasteiger partial charge is 0.416 e. The Hall–Kier alpha value is -2.21. The molecule has 3 N–H and O–H groups in total. The first kappa shape index (κ1) is 15.2. The van der Waals surface area contributed by atoms with Crippen LogP contribution in [0.4, 0.5) is 24.5 Å². The quantitative estimate of drug-likeness (QED) is 0.816. The smallest absolute Gasteiger partial charge is 0.399 e. The molecule has 21 heavy (non-hydrogen) atoms. The third-order valence-corrected chi connectivity index (χ3v) is 3.04. The molecule has 0 aliphatic heterocycles. The van der Waals surface area contributed by atoms with Crippen LogP contribution in [0.1, 0.15) is 15.9 Å². The highest BCUT2D eigenvalue weighted by Crippen LogP contribution is 2.29. The highest BCUT2D eigenvalue weighted by molar-refractivity contribution is 6.34. The van der Waals surface area contributed by atoms with Crippen LogP contribution in [0.5, 0.6) is 0 Å². The molecule has 0 saturated heterocycles. The van der Waals surface area contributed by atoms with Gasteiger partial charge in [-0.2, -0.15) is 13.2 Å². The van der Waals surface area contributed by atoms with Crippen LogP contribution in [0, 0.1) is 0 Å². The predicted molar refractivity (Wildman–Crippen MR) is 75.3 cm³/mol. The summed E-state index contributed by atoms with van der Waals surface area (Å²) in [6.07, 6.45) is -4.44. The van der Waals surface area contributed by atoms with E-state index in [2.05, 4.69) is 5.32 Å². The van der Waals surface area contributed by atoms with Crippen molar-refractivity contribution in [3.63, 3.8) is 0 Å². The molecule has 0 aliphatic carbocycles. The maximum atomic E-state index is 12.4. The standard InChI is InChI=1S/C14H10ClF3N2O/c15-11-6-5-10(19)7-12(11)20-13(21)8-1-3-9(4-2-8)14(16,17)18/h1-7H,19H2,(H,20,21). The molecule has 0 unspecified atom stereocenters. The molecule has 2 aromatic carbocycles. The van der Waals surface area contributed by atoms with Crippen molar-refractivity contribution >= 4 is 28.9 Å². The highest BCUT2D eigenvalue weighted by Gasteiger charge is 2.30. The number of carbonyl (C=O) groups excluding carboxylic acids is 1. The van der Waals surface area contributed by atoms with Gasteiger partial charge in [0.2, 0.25) is 0 Å². The number of carbonyl (C=O) groups is 1. The number of hydrogen-bond acceptors (Lipinski definition) is 2. The summed E-state index contributed by atoms with van der Waals surface area (Å²) < 4.78 is 37.3. The van der Waals surface area contributed by atoms with Crippen molar-refractivity contribution in [3.05, 3.63) is 58.6 Å². The Morgan fingerprint density at radius 2 is 1.71 bits per heavy atom. The minimum atomic E-state index is -4.44. The van der Waals surface area contributed by atoms with E-state index in [0.717, 1.165) is 24.3 Å². The fourth-order valence-electron chi connectivity index (χ4n) is 1.64. The number of halogens is 4. The summed E-state index contributed by atoms with van der Waals surface area (Å²) in [5, 5.41) is 2.78. The first-order valence-electron chi connectivity index (χ1n) is 5.81. The molecule has 3 nitrogen and oxygen atoms in total. The summed E-state index contributed by atoms with van der Waals surface area (Å²) in [5.41, 5.74) is 5.54. The van der Waals surface area contributed by atoms with Crippen molar-refractivity contribution in [2.75, 3.05) is 11.1 Å². The normalized spacial score (nSPS) is 11.2. The molecule has 0 aromatic heterocycles. The molecular weight excluding hydrogens is 305 g/mol. The monoisotopic (exact) mass is 314 g/mol. The Morgan fingerprint density at radius 3 is 2.29 bits per heavy atom. The van der Waals surface area contributed by atoms with Crippen molar-refractivity contribution in [2.45, 2.75) is 6.18 Å². The number of nitrogens with two attached hydrogens (primary N) is 1. The zero-order valence-corrected chi connectivity index (χ0v) is 11.3. The van der Waals surface area contributed by atoms with Crippen LogP contribution < -0.4 is 11.1 Å². The van der Waals surface area contributed by atoms with Gasteiger partial charge in [-0.1, -0.05) is 11.6 Å². The average Bonchev–Trinajstić information content (AvgIpc) is 2.42. The van der Waals surface area contributed by atoms with Gasteiger partial charge in [0.25, 0.3) is 5.91 Å². The van der Waals surface area contributed by atoms with E-state index in [-0.39, 0.29) is 10.6 Å². The number of amides is 1. The first-order valence-corrected chi connectivity index (χ1v) is 6.19. The van der Waals surface area contributed by atoms with E-state index in [1.807, 2.05) is 0 Å². The number of hydrogen-bond donors (Lipinski definition) is 2. The van der Waals surface area contributed by atoms with E-state index >= 15 is 0 Å². The zero-order valence-electron chi connectivity index (χ0n) is 10.5. The predicted octanol–water partition coefficient (Wildman–Crippen LogP) is 4.19. The van der Waals surface area contributed by atoms with Gasteiger partial charge >= 0.3 is 6.18 Å². The zero-order chi connectivity index (χ0) is 15.6. The molecule has 0 saturated carbocycles. The van der Waals surface area contributed by atoms with Gasteiger partial charge in [-0.05, 0) is 42.5 Å². The fraction of sp³-hybridized carbons (Fsp3) is 0.0714. The number of anilines is 2. The summed E-state index contributed by atoms with van der Waals surface area (Å²) in [5.74, 6) is -0.573. The Labute approximate surface area is 123 Å². The van der Waals surface area contributed by atoms with Crippen molar-refractivity contribution in [2.24, 2.45) is 0 Å². The van der Waals surface area contributed by atoms with Gasteiger partial charge in [0.15, 0.2) is 0 Å². The highest BCUT2D eigenvalue weighted by atomic mass is 35.5. The summed E-state index contributed by atoms with van der Waals surface area (Å²) in [7, 11) is 0. The molecule has 0 spiro atoms. The number of benzene rings is 2. The first-order chi connectivity index (χ1) is 9.77. The van der Waals surface area contributed by atoms with Crippen molar-refractivity contribution in [1.82, 2.24) is 0 Å². The second kappa shape index (κ2) is 5.65. The van der Waals surface area contributed by atoms with Gasteiger partial charge in [-0.25, -0.2) is 0 Å². The summed E-state index contributed by atoms with van der Waals surface area (Å²) in [6.45, 7) is 0. The topological polar surface area (TPSA) is 55.1 Å². The summed E-state index contributed by atoms with van der Waals surface area (Å²) in [6, 6.07) is 8.42. The molecule has 2 rings (SSSR count). The van der Waals surface area contributed by atoms with Crippen LogP contribution in [-0.4, -0.2) is 5.91 Å². The Morgan fingerprint density at radius 1 is 1.10 bits per heavy atom. The van der Waals surface area contributed by atoms with Gasteiger partial charge in [0.1, 0.15) is 0 Å². The van der Waals surface area contributed by atoms with E-state index in [4.69, 9.17) is 17.3 Å². The molecule has 2 aromatic rings. The van der Waals surface area contributed by atoms with Crippen LogP contribution in [0.3, 0.4) is 0 Å². The van der Waals surface area contributed by atoms with E-state index < -0.39 is 17.6 Å². The van der Waals surface area contributed by atoms with Crippen LogP contribution in [-0.2, 0) is 6.18 Å². The lowest BCUT2D eigenvalue weighted by Crippen LogP contribution is -2.13. The minimum absolute atomic E-state index is 0.0847. The molecule has 110 valence electrons. The maximum Gasteiger partial charge on any atom is 0.416 e. The molecule has 0 bridgehead atoms. The van der Waals surface area contributed by atoms with E-state index in [1.54, 1.807) is 6.07 Å². The maximum absolute atomic E-state index is 12.4. The number of nitrogens with one attached hydrogen (secondary N) is 1. The van der Waals surface area contributed by atoms with E-state index in [0.29, 0.717) is 11.4 Å². The molecule has 0 atom stereocenters. The number of alkyl halides is 3. The minimum Gasteiger partial charge on any atom is -0.399 e. The number of rotatable bonds is 2. The molecule has 0 radical (unpaired) electrons. The van der Waals surface area contributed by atoms with Gasteiger partial charge < -0.3 is 11.1 Å². The van der Waals surface area contributed by atoms with E-state index in [9.17, 15) is 18.0 Å². The third-order valence-electron chi connectivity index (χ3n) is 2.71. The lowest BCUT2D eigenvalue weighted by molar-refractivity contribution is -0.137. The van der Waals surface area contributed by atoms with Gasteiger partial charge in [-0.3, -0.25) is 4.79 Å². The lowest BCUT2D eigenvalue weighted by atomic mass is 10.1. The van der Waals surface area contributed by atoms with E-state index in [1.165, 1.54) is 12.1 Å². The Balaban J connectivity index is 2.19.